The molecule has 3 heterocycles. The average molecular weight is 350 g/mol. The second-order valence-electron chi connectivity index (χ2n) is 7.18. The van der Waals surface area contributed by atoms with E-state index in [0.717, 1.165) is 44.8 Å². The lowest BCUT2D eigenvalue weighted by Gasteiger charge is -2.34. The number of piperazine rings is 1. The summed E-state index contributed by atoms with van der Waals surface area (Å²) in [5.74, 6) is 0.0442. The molecule has 4 rings (SSSR count). The molecule has 5 heteroatoms. The van der Waals surface area contributed by atoms with Gasteiger partial charge in [0.15, 0.2) is 0 Å². The molecule has 0 bridgehead atoms. The highest BCUT2D eigenvalue weighted by Crippen LogP contribution is 2.38. The number of fused-ring (bicyclic) bond motifs is 1. The van der Waals surface area contributed by atoms with Gasteiger partial charge in [-0.3, -0.25) is 9.78 Å². The third-order valence-electron chi connectivity index (χ3n) is 5.55. The van der Waals surface area contributed by atoms with Crippen LogP contribution in [0.25, 0.3) is 0 Å². The maximum atomic E-state index is 12.9. The fourth-order valence-electron chi connectivity index (χ4n) is 4.07. The van der Waals surface area contributed by atoms with E-state index in [-0.39, 0.29) is 5.91 Å². The molecule has 5 nitrogen and oxygen atoms in total. The molecule has 2 aromatic rings. The van der Waals surface area contributed by atoms with E-state index in [1.54, 1.807) is 6.20 Å². The Labute approximate surface area is 155 Å². The molecule has 2 aliphatic heterocycles. The van der Waals surface area contributed by atoms with Crippen molar-refractivity contribution in [3.63, 3.8) is 0 Å². The Morgan fingerprint density at radius 3 is 2.69 bits per heavy atom. The Morgan fingerprint density at radius 2 is 1.92 bits per heavy atom. The first kappa shape index (κ1) is 17.0. The second kappa shape index (κ2) is 7.08. The molecule has 2 aliphatic rings. The Hall–Kier alpha value is -2.40. The van der Waals surface area contributed by atoms with Gasteiger partial charge in [-0.1, -0.05) is 25.1 Å². The predicted octanol–water partition coefficient (Wildman–Crippen LogP) is 2.94. The van der Waals surface area contributed by atoms with Crippen molar-refractivity contribution in [1.82, 2.24) is 14.8 Å². The highest BCUT2D eigenvalue weighted by molar-refractivity contribution is 5.93. The summed E-state index contributed by atoms with van der Waals surface area (Å²) in [7, 11) is 0. The van der Waals surface area contributed by atoms with Gasteiger partial charge in [0, 0.05) is 49.8 Å². The monoisotopic (exact) mass is 350 g/mol. The Balaban J connectivity index is 1.57. The number of nitrogens with zero attached hydrogens (tertiary/aromatic N) is 4. The Morgan fingerprint density at radius 1 is 1.15 bits per heavy atom. The fourth-order valence-corrected chi connectivity index (χ4v) is 4.07. The van der Waals surface area contributed by atoms with Gasteiger partial charge < -0.3 is 14.7 Å². The number of para-hydroxylation sites is 1. The molecule has 136 valence electrons. The van der Waals surface area contributed by atoms with Crippen molar-refractivity contribution in [3.05, 3.63) is 53.9 Å². The van der Waals surface area contributed by atoms with Gasteiger partial charge in [0.05, 0.1) is 0 Å². The van der Waals surface area contributed by atoms with Gasteiger partial charge in [-0.2, -0.15) is 0 Å². The molecule has 1 saturated heterocycles. The van der Waals surface area contributed by atoms with Crippen molar-refractivity contribution in [2.24, 2.45) is 0 Å². The first-order valence-corrected chi connectivity index (χ1v) is 9.52. The highest BCUT2D eigenvalue weighted by atomic mass is 16.2. The van der Waals surface area contributed by atoms with Crippen LogP contribution in [-0.2, 0) is 6.42 Å². The zero-order valence-corrected chi connectivity index (χ0v) is 15.6. The van der Waals surface area contributed by atoms with E-state index in [0.29, 0.717) is 11.7 Å². The molecule has 26 heavy (non-hydrogen) atoms. The summed E-state index contributed by atoms with van der Waals surface area (Å²) >= 11 is 0. The number of carbonyl (C=O) groups is 1. The van der Waals surface area contributed by atoms with Gasteiger partial charge in [0.1, 0.15) is 5.69 Å². The largest absolute Gasteiger partial charge is 0.338 e. The van der Waals surface area contributed by atoms with Gasteiger partial charge in [-0.15, -0.1) is 0 Å². The van der Waals surface area contributed by atoms with E-state index in [4.69, 9.17) is 0 Å². The summed E-state index contributed by atoms with van der Waals surface area (Å²) in [4.78, 5) is 23.9. The van der Waals surface area contributed by atoms with Crippen molar-refractivity contribution in [2.75, 3.05) is 37.6 Å². The summed E-state index contributed by atoms with van der Waals surface area (Å²) in [5, 5.41) is 0. The van der Waals surface area contributed by atoms with Crippen LogP contribution in [0.3, 0.4) is 0 Å². The van der Waals surface area contributed by atoms with E-state index >= 15 is 0 Å². The lowest BCUT2D eigenvalue weighted by Crippen LogP contribution is -2.48. The molecular weight excluding hydrogens is 324 g/mol. The number of benzene rings is 1. The quantitative estimate of drug-likeness (QED) is 0.853. The minimum absolute atomic E-state index is 0.0442. The Kier molecular flexibility index (Phi) is 4.64. The van der Waals surface area contributed by atoms with Crippen LogP contribution in [0.2, 0.25) is 0 Å². The van der Waals surface area contributed by atoms with Crippen LogP contribution < -0.4 is 4.90 Å². The van der Waals surface area contributed by atoms with Gasteiger partial charge in [-0.25, -0.2) is 0 Å². The van der Waals surface area contributed by atoms with Crippen molar-refractivity contribution >= 4 is 17.3 Å². The molecule has 1 unspecified atom stereocenters. The molecule has 1 aromatic heterocycles. The van der Waals surface area contributed by atoms with Crippen LogP contribution >= 0.6 is 0 Å². The fraction of sp³-hybridized carbons (Fsp3) is 0.429. The van der Waals surface area contributed by atoms with E-state index in [1.165, 1.54) is 11.3 Å². The van der Waals surface area contributed by atoms with Gasteiger partial charge in [0.2, 0.25) is 0 Å². The number of aromatic nitrogens is 1. The van der Waals surface area contributed by atoms with Crippen LogP contribution in [0.5, 0.6) is 0 Å². The lowest BCUT2D eigenvalue weighted by molar-refractivity contribution is 0.0637. The SMILES string of the molecule is CCN1CCN(C(=O)c2cc(N3c4ccccc4CC3C)ccn2)CC1. The summed E-state index contributed by atoms with van der Waals surface area (Å²) in [6.07, 6.45) is 2.79. The maximum absolute atomic E-state index is 12.9. The minimum atomic E-state index is 0.0442. The summed E-state index contributed by atoms with van der Waals surface area (Å²) in [6.45, 7) is 8.88. The van der Waals surface area contributed by atoms with E-state index in [9.17, 15) is 4.79 Å². The number of hydrogen-bond donors (Lipinski definition) is 0. The second-order valence-corrected chi connectivity index (χ2v) is 7.18. The molecule has 0 N–H and O–H groups in total. The summed E-state index contributed by atoms with van der Waals surface area (Å²) < 4.78 is 0. The zero-order valence-electron chi connectivity index (χ0n) is 15.6. The number of rotatable bonds is 3. The number of likely N-dealkylation sites (N-methyl/N-ethyl adjacent to an activating group) is 1. The summed E-state index contributed by atoms with van der Waals surface area (Å²) in [5.41, 5.74) is 4.19. The van der Waals surface area contributed by atoms with Crippen LogP contribution in [0.4, 0.5) is 11.4 Å². The minimum Gasteiger partial charge on any atom is -0.338 e. The third-order valence-corrected chi connectivity index (χ3v) is 5.55. The summed E-state index contributed by atoms with van der Waals surface area (Å²) in [6, 6.07) is 12.8. The van der Waals surface area contributed by atoms with Crippen molar-refractivity contribution < 1.29 is 4.79 Å². The molecule has 1 aromatic carbocycles. The van der Waals surface area contributed by atoms with Gasteiger partial charge in [0.25, 0.3) is 5.91 Å². The van der Waals surface area contributed by atoms with Crippen LogP contribution in [0.1, 0.15) is 29.9 Å². The number of carbonyl (C=O) groups excluding carboxylic acids is 1. The maximum Gasteiger partial charge on any atom is 0.272 e. The van der Waals surface area contributed by atoms with E-state index < -0.39 is 0 Å². The predicted molar refractivity (Wildman–Crippen MR) is 104 cm³/mol. The standard InChI is InChI=1S/C21H26N4O/c1-3-23-10-12-24(13-11-23)21(26)19-15-18(8-9-22-19)25-16(2)14-17-6-4-5-7-20(17)25/h4-9,15-16H,3,10-14H2,1-2H3. The van der Waals surface area contributed by atoms with Crippen molar-refractivity contribution in [2.45, 2.75) is 26.3 Å². The number of amides is 1. The van der Waals surface area contributed by atoms with E-state index in [1.807, 2.05) is 17.0 Å². The molecule has 1 amide bonds. The topological polar surface area (TPSA) is 39.7 Å². The van der Waals surface area contributed by atoms with Crippen LogP contribution in [-0.4, -0.2) is 59.5 Å². The number of pyridine rings is 1. The third kappa shape index (κ3) is 3.07. The normalized spacial score (nSPS) is 20.3. The smallest absolute Gasteiger partial charge is 0.272 e. The first-order chi connectivity index (χ1) is 12.7. The van der Waals surface area contributed by atoms with Crippen molar-refractivity contribution in [1.29, 1.82) is 0 Å². The Bertz CT molecular complexity index is 798. The van der Waals surface area contributed by atoms with Gasteiger partial charge in [-0.05, 0) is 43.7 Å². The average Bonchev–Trinajstić information content (AvgIpc) is 3.03. The van der Waals surface area contributed by atoms with Crippen molar-refractivity contribution in [3.8, 4) is 0 Å². The lowest BCUT2D eigenvalue weighted by atomic mass is 10.1. The first-order valence-electron chi connectivity index (χ1n) is 9.52. The highest BCUT2D eigenvalue weighted by Gasteiger charge is 2.28. The molecule has 1 atom stereocenters. The zero-order chi connectivity index (χ0) is 18.1. The molecule has 0 saturated carbocycles. The number of anilines is 2. The van der Waals surface area contributed by atoms with Crippen LogP contribution in [0, 0.1) is 0 Å². The molecule has 0 spiro atoms. The molecule has 0 radical (unpaired) electrons. The molecular formula is C21H26N4O. The molecule has 0 aliphatic carbocycles. The van der Waals surface area contributed by atoms with Gasteiger partial charge >= 0.3 is 0 Å². The number of hydrogen-bond acceptors (Lipinski definition) is 4. The molecule has 1 fully saturated rings. The van der Waals surface area contributed by atoms with Crippen LogP contribution in [0.15, 0.2) is 42.6 Å². The van der Waals surface area contributed by atoms with E-state index in [2.05, 4.69) is 52.9 Å².